The Kier molecular flexibility index (Phi) is 4.77. The number of para-hydroxylation sites is 1. The van der Waals surface area contributed by atoms with Gasteiger partial charge in [0.25, 0.3) is 5.91 Å². The summed E-state index contributed by atoms with van der Waals surface area (Å²) in [4.78, 5) is 35.3. The van der Waals surface area contributed by atoms with Gasteiger partial charge in [0.2, 0.25) is 10.8 Å². The van der Waals surface area contributed by atoms with Crippen LogP contribution in [0.5, 0.6) is 0 Å². The van der Waals surface area contributed by atoms with Crippen molar-refractivity contribution in [2.24, 2.45) is 0 Å². The van der Waals surface area contributed by atoms with E-state index in [9.17, 15) is 9.59 Å². The number of carbonyl (C=O) groups is 2. The molecule has 7 rings (SSSR count). The highest BCUT2D eigenvalue weighted by Crippen LogP contribution is 2.61. The van der Waals surface area contributed by atoms with Crippen LogP contribution in [0.15, 0.2) is 60.7 Å². The van der Waals surface area contributed by atoms with Gasteiger partial charge in [-0.2, -0.15) is 0 Å². The molecule has 5 nitrogen and oxygen atoms in total. The highest BCUT2D eigenvalue weighted by atomic mass is 32.2. The molecule has 0 bridgehead atoms. The predicted octanol–water partition coefficient (Wildman–Crippen LogP) is 6.84. The summed E-state index contributed by atoms with van der Waals surface area (Å²) in [5.41, 5.74) is 6.78. The van der Waals surface area contributed by atoms with Crippen molar-refractivity contribution in [1.82, 2.24) is 4.98 Å². The van der Waals surface area contributed by atoms with Crippen LogP contribution >= 0.6 is 23.1 Å². The number of thiazole rings is 1. The molecule has 1 spiro atoms. The first kappa shape index (κ1) is 23.0. The van der Waals surface area contributed by atoms with Crippen LogP contribution in [-0.4, -0.2) is 28.1 Å². The van der Waals surface area contributed by atoms with Crippen molar-refractivity contribution in [3.05, 3.63) is 77.4 Å². The van der Waals surface area contributed by atoms with Gasteiger partial charge in [0.1, 0.15) is 5.01 Å². The van der Waals surface area contributed by atoms with Crippen molar-refractivity contribution in [3.63, 3.8) is 0 Å². The zero-order valence-electron chi connectivity index (χ0n) is 21.2. The van der Waals surface area contributed by atoms with Crippen LogP contribution in [0.1, 0.15) is 49.8 Å². The summed E-state index contributed by atoms with van der Waals surface area (Å²) >= 11 is 3.12. The maximum absolute atomic E-state index is 14.4. The lowest BCUT2D eigenvalue weighted by atomic mass is 9.80. The Hall–Kier alpha value is -3.16. The van der Waals surface area contributed by atoms with Crippen molar-refractivity contribution in [1.29, 1.82) is 0 Å². The fraction of sp³-hybridized carbons (Fsp3) is 0.300. The number of fused-ring (bicyclic) bond motifs is 2. The number of aryl methyl sites for hydroxylation is 1. The standard InChI is InChI=1S/C30H27N3O2S2/c1-17-8-13-23-24(14-17)37-27(31-23)19-9-11-20(12-10-19)32-25(34)16-36-30(32)22-7-5-6-21-18(2)15-29(3,4)33(26(21)22)28(30)35/h5-14,18H,15-16H2,1-4H3. The molecule has 0 saturated carbocycles. The number of thioether (sulfide) groups is 1. The van der Waals surface area contributed by atoms with Gasteiger partial charge in [0, 0.05) is 22.4 Å². The second kappa shape index (κ2) is 7.68. The van der Waals surface area contributed by atoms with Crippen molar-refractivity contribution in [2.75, 3.05) is 15.6 Å². The molecule has 7 heteroatoms. The van der Waals surface area contributed by atoms with E-state index in [1.807, 2.05) is 41.3 Å². The number of hydrogen-bond acceptors (Lipinski definition) is 5. The van der Waals surface area contributed by atoms with E-state index >= 15 is 0 Å². The van der Waals surface area contributed by atoms with Crippen molar-refractivity contribution in [2.45, 2.75) is 50.4 Å². The summed E-state index contributed by atoms with van der Waals surface area (Å²) in [6.45, 7) is 8.60. The van der Waals surface area contributed by atoms with E-state index in [1.54, 1.807) is 16.2 Å². The minimum absolute atomic E-state index is 0.00619. The second-order valence-corrected chi connectivity index (χ2v) is 13.2. The zero-order valence-corrected chi connectivity index (χ0v) is 22.9. The lowest BCUT2D eigenvalue weighted by Crippen LogP contribution is -2.56. The van der Waals surface area contributed by atoms with Gasteiger partial charge in [-0.05, 0) is 80.6 Å². The zero-order chi connectivity index (χ0) is 25.7. The second-order valence-electron chi connectivity index (χ2n) is 11.0. The number of rotatable bonds is 2. The normalized spacial score (nSPS) is 23.9. The van der Waals surface area contributed by atoms with Crippen LogP contribution < -0.4 is 9.80 Å². The highest BCUT2D eigenvalue weighted by molar-refractivity contribution is 8.02. The molecule has 1 fully saturated rings. The van der Waals surface area contributed by atoms with Crippen molar-refractivity contribution >= 4 is 56.5 Å². The smallest absolute Gasteiger partial charge is 0.269 e. The topological polar surface area (TPSA) is 53.5 Å². The molecular formula is C30H27N3O2S2. The van der Waals surface area contributed by atoms with Crippen molar-refractivity contribution in [3.8, 4) is 10.6 Å². The number of hydrogen-bond donors (Lipinski definition) is 0. The largest absolute Gasteiger partial charge is 0.303 e. The Balaban J connectivity index is 1.34. The van der Waals surface area contributed by atoms with Gasteiger partial charge < -0.3 is 4.90 Å². The molecule has 0 N–H and O–H groups in total. The summed E-state index contributed by atoms with van der Waals surface area (Å²) in [6, 6.07) is 20.5. The summed E-state index contributed by atoms with van der Waals surface area (Å²) in [5.74, 6) is 0.577. The molecule has 1 saturated heterocycles. The van der Waals surface area contributed by atoms with Gasteiger partial charge in [-0.3, -0.25) is 14.5 Å². The van der Waals surface area contributed by atoms with Gasteiger partial charge in [0.15, 0.2) is 0 Å². The van der Waals surface area contributed by atoms with Crippen LogP contribution in [0.2, 0.25) is 0 Å². The molecule has 37 heavy (non-hydrogen) atoms. The van der Waals surface area contributed by atoms with E-state index in [-0.39, 0.29) is 23.1 Å². The van der Waals surface area contributed by atoms with E-state index < -0.39 is 4.87 Å². The highest BCUT2D eigenvalue weighted by Gasteiger charge is 2.64. The fourth-order valence-electron chi connectivity index (χ4n) is 6.44. The van der Waals surface area contributed by atoms with Gasteiger partial charge in [-0.1, -0.05) is 31.2 Å². The maximum atomic E-state index is 14.4. The Morgan fingerprint density at radius 2 is 1.78 bits per heavy atom. The number of benzene rings is 3. The molecule has 3 aliphatic rings. The SMILES string of the molecule is Cc1ccc2nc(-c3ccc(N4C(=O)CSC45C(=O)N4c6c(cccc65)C(C)CC4(C)C)cc3)sc2c1. The predicted molar refractivity (Wildman–Crippen MR) is 152 cm³/mol. The molecule has 2 amide bonds. The Bertz CT molecular complexity index is 1620. The van der Waals surface area contributed by atoms with Gasteiger partial charge >= 0.3 is 0 Å². The number of carbonyl (C=O) groups excluding carboxylic acids is 2. The third kappa shape index (κ3) is 3.07. The Morgan fingerprint density at radius 1 is 1.00 bits per heavy atom. The van der Waals surface area contributed by atoms with E-state index in [1.165, 1.54) is 22.9 Å². The van der Waals surface area contributed by atoms with Gasteiger partial charge in [-0.15, -0.1) is 23.1 Å². The van der Waals surface area contributed by atoms with Crippen LogP contribution in [0.4, 0.5) is 11.4 Å². The van der Waals surface area contributed by atoms with Gasteiger partial charge in [-0.25, -0.2) is 4.98 Å². The number of aromatic nitrogens is 1. The average Bonchev–Trinajstić information content (AvgIpc) is 3.51. The summed E-state index contributed by atoms with van der Waals surface area (Å²) < 4.78 is 1.16. The monoisotopic (exact) mass is 525 g/mol. The summed E-state index contributed by atoms with van der Waals surface area (Å²) in [5, 5.41) is 0.948. The first-order valence-electron chi connectivity index (χ1n) is 12.6. The first-order valence-corrected chi connectivity index (χ1v) is 14.4. The molecular weight excluding hydrogens is 498 g/mol. The molecule has 3 aromatic carbocycles. The van der Waals surface area contributed by atoms with E-state index in [0.717, 1.165) is 44.1 Å². The molecule has 186 valence electrons. The molecule has 2 unspecified atom stereocenters. The molecule has 3 aliphatic heterocycles. The Morgan fingerprint density at radius 3 is 2.57 bits per heavy atom. The number of anilines is 2. The quantitative estimate of drug-likeness (QED) is 0.288. The van der Waals surface area contributed by atoms with E-state index in [0.29, 0.717) is 5.92 Å². The molecule has 1 aromatic heterocycles. The molecule has 0 aliphatic carbocycles. The Labute approximate surface area is 224 Å². The van der Waals surface area contributed by atoms with Crippen LogP contribution in [0.25, 0.3) is 20.8 Å². The van der Waals surface area contributed by atoms with E-state index in [4.69, 9.17) is 4.98 Å². The van der Waals surface area contributed by atoms with E-state index in [2.05, 4.69) is 52.0 Å². The van der Waals surface area contributed by atoms with Crippen molar-refractivity contribution < 1.29 is 9.59 Å². The minimum atomic E-state index is -1.07. The minimum Gasteiger partial charge on any atom is -0.303 e. The van der Waals surface area contributed by atoms with Gasteiger partial charge in [0.05, 0.1) is 21.7 Å². The maximum Gasteiger partial charge on any atom is 0.269 e. The number of nitrogens with zero attached hydrogens (tertiary/aromatic N) is 3. The molecule has 4 aromatic rings. The third-order valence-electron chi connectivity index (χ3n) is 7.98. The number of amides is 2. The summed E-state index contributed by atoms with van der Waals surface area (Å²) in [7, 11) is 0. The van der Waals surface area contributed by atoms with Crippen LogP contribution in [0.3, 0.4) is 0 Å². The molecule has 0 radical (unpaired) electrons. The lowest BCUT2D eigenvalue weighted by Gasteiger charge is -2.44. The fourth-order valence-corrected chi connectivity index (χ4v) is 8.84. The first-order chi connectivity index (χ1) is 17.7. The van der Waals surface area contributed by atoms with Crippen LogP contribution in [-0.2, 0) is 14.5 Å². The lowest BCUT2D eigenvalue weighted by molar-refractivity contribution is -0.124. The third-order valence-corrected chi connectivity index (χ3v) is 10.4. The molecule has 2 atom stereocenters. The summed E-state index contributed by atoms with van der Waals surface area (Å²) in [6.07, 6.45) is 0.889. The average molecular weight is 526 g/mol. The molecule has 4 heterocycles. The van der Waals surface area contributed by atoms with Crippen LogP contribution in [0, 0.1) is 6.92 Å².